The van der Waals surface area contributed by atoms with E-state index in [2.05, 4.69) is 5.32 Å². The summed E-state index contributed by atoms with van der Waals surface area (Å²) in [6, 6.07) is 10.8. The highest BCUT2D eigenvalue weighted by atomic mass is 32.2. The van der Waals surface area contributed by atoms with Gasteiger partial charge in [0.15, 0.2) is 11.5 Å². The molecule has 1 fully saturated rings. The minimum atomic E-state index is -0.384. The van der Waals surface area contributed by atoms with Crippen LogP contribution in [-0.2, 0) is 4.79 Å². The number of ether oxygens (including phenoxy) is 2. The van der Waals surface area contributed by atoms with Crippen molar-refractivity contribution >= 4 is 34.9 Å². The van der Waals surface area contributed by atoms with Crippen LogP contribution in [0.5, 0.6) is 11.5 Å². The summed E-state index contributed by atoms with van der Waals surface area (Å²) in [6.07, 6.45) is 1.64. The average molecular weight is 441 g/mol. The molecule has 0 saturated carbocycles. The van der Waals surface area contributed by atoms with Gasteiger partial charge >= 0.3 is 0 Å². The molecule has 1 aliphatic rings. The first-order valence-electron chi connectivity index (χ1n) is 9.67. The molecule has 1 N–H and O–H groups in total. The largest absolute Gasteiger partial charge is 0.493 e. The number of nitrogens with zero attached hydrogens (tertiary/aromatic N) is 1. The highest BCUT2D eigenvalue weighted by molar-refractivity contribution is 8.18. The van der Waals surface area contributed by atoms with Gasteiger partial charge in [-0.05, 0) is 61.0 Å². The van der Waals surface area contributed by atoms with Gasteiger partial charge in [0.25, 0.3) is 17.1 Å². The smallest absolute Gasteiger partial charge is 0.293 e. The standard InChI is InChI=1S/C23H24N2O5S/c1-14-5-7-17(15(2)11-14)21(26)24-9-10-25-22(27)20(31-23(25)28)13-16-6-8-18(29-3)19(12-16)30-4/h5-8,11-13H,9-10H2,1-4H3,(H,24,26)/b20-13-. The lowest BCUT2D eigenvalue weighted by molar-refractivity contribution is -0.122. The molecule has 162 valence electrons. The average Bonchev–Trinajstić information content (AvgIpc) is 3.00. The Labute approximate surface area is 185 Å². The van der Waals surface area contributed by atoms with E-state index in [1.165, 1.54) is 7.11 Å². The monoisotopic (exact) mass is 440 g/mol. The minimum Gasteiger partial charge on any atom is -0.493 e. The Hall–Kier alpha value is -3.26. The van der Waals surface area contributed by atoms with Crippen LogP contribution in [0, 0.1) is 13.8 Å². The third-order valence-electron chi connectivity index (χ3n) is 4.83. The van der Waals surface area contributed by atoms with Crippen LogP contribution in [0.15, 0.2) is 41.3 Å². The Kier molecular flexibility index (Phi) is 7.02. The van der Waals surface area contributed by atoms with Gasteiger partial charge in [0, 0.05) is 18.7 Å². The van der Waals surface area contributed by atoms with Gasteiger partial charge in [0.05, 0.1) is 19.1 Å². The molecule has 3 amide bonds. The van der Waals surface area contributed by atoms with Crippen molar-refractivity contribution in [2.45, 2.75) is 13.8 Å². The molecular formula is C23H24N2O5S. The van der Waals surface area contributed by atoms with Crippen LogP contribution in [0.25, 0.3) is 6.08 Å². The van der Waals surface area contributed by atoms with Crippen molar-refractivity contribution in [3.63, 3.8) is 0 Å². The van der Waals surface area contributed by atoms with Crippen molar-refractivity contribution in [2.24, 2.45) is 0 Å². The fourth-order valence-electron chi connectivity index (χ4n) is 3.23. The number of hydrogen-bond acceptors (Lipinski definition) is 6. The van der Waals surface area contributed by atoms with E-state index in [1.807, 2.05) is 26.0 Å². The van der Waals surface area contributed by atoms with Crippen LogP contribution < -0.4 is 14.8 Å². The summed E-state index contributed by atoms with van der Waals surface area (Å²) in [5.41, 5.74) is 3.24. The number of nitrogens with one attached hydrogen (secondary N) is 1. The molecule has 0 radical (unpaired) electrons. The summed E-state index contributed by atoms with van der Waals surface area (Å²) in [5, 5.41) is 2.41. The van der Waals surface area contributed by atoms with E-state index in [9.17, 15) is 14.4 Å². The van der Waals surface area contributed by atoms with Crippen molar-refractivity contribution in [3.8, 4) is 11.5 Å². The fourth-order valence-corrected chi connectivity index (χ4v) is 4.10. The normalized spacial score (nSPS) is 14.8. The molecule has 3 rings (SSSR count). The maximum absolute atomic E-state index is 12.7. The van der Waals surface area contributed by atoms with Gasteiger partial charge < -0.3 is 14.8 Å². The second-order valence-electron chi connectivity index (χ2n) is 7.02. The molecular weight excluding hydrogens is 416 g/mol. The zero-order valence-electron chi connectivity index (χ0n) is 17.9. The van der Waals surface area contributed by atoms with Crippen LogP contribution in [0.2, 0.25) is 0 Å². The lowest BCUT2D eigenvalue weighted by Crippen LogP contribution is -2.37. The summed E-state index contributed by atoms with van der Waals surface area (Å²) >= 11 is 0.873. The molecule has 0 spiro atoms. The SMILES string of the molecule is COc1ccc(/C=C2\SC(=O)N(CCNC(=O)c3ccc(C)cc3C)C2=O)cc1OC. The van der Waals surface area contributed by atoms with E-state index in [4.69, 9.17) is 9.47 Å². The van der Waals surface area contributed by atoms with Gasteiger partial charge in [0.1, 0.15) is 0 Å². The topological polar surface area (TPSA) is 84.9 Å². The number of imide groups is 1. The first-order chi connectivity index (χ1) is 14.8. The molecule has 0 bridgehead atoms. The third-order valence-corrected chi connectivity index (χ3v) is 5.73. The minimum absolute atomic E-state index is 0.102. The second-order valence-corrected chi connectivity index (χ2v) is 8.02. The Morgan fingerprint density at radius 2 is 1.81 bits per heavy atom. The molecule has 0 aliphatic carbocycles. The summed E-state index contributed by atoms with van der Waals surface area (Å²) in [5.74, 6) is 0.493. The number of aryl methyl sites for hydroxylation is 2. The number of amides is 3. The van der Waals surface area contributed by atoms with Gasteiger partial charge in [-0.1, -0.05) is 23.8 Å². The molecule has 1 saturated heterocycles. The van der Waals surface area contributed by atoms with E-state index in [-0.39, 0.29) is 30.1 Å². The molecule has 0 unspecified atom stereocenters. The first-order valence-corrected chi connectivity index (χ1v) is 10.5. The summed E-state index contributed by atoms with van der Waals surface area (Å²) < 4.78 is 10.5. The predicted molar refractivity (Wildman–Crippen MR) is 120 cm³/mol. The number of methoxy groups -OCH3 is 2. The predicted octanol–water partition coefficient (Wildman–Crippen LogP) is 3.79. The van der Waals surface area contributed by atoms with Crippen LogP contribution in [-0.4, -0.2) is 49.3 Å². The van der Waals surface area contributed by atoms with Crippen molar-refractivity contribution in [2.75, 3.05) is 27.3 Å². The number of carbonyl (C=O) groups is 3. The molecule has 31 heavy (non-hydrogen) atoms. The molecule has 0 atom stereocenters. The molecule has 1 heterocycles. The molecule has 1 aliphatic heterocycles. The highest BCUT2D eigenvalue weighted by Gasteiger charge is 2.34. The van der Waals surface area contributed by atoms with Crippen LogP contribution in [0.3, 0.4) is 0 Å². The number of hydrogen-bond donors (Lipinski definition) is 1. The number of carbonyl (C=O) groups excluding carboxylic acids is 3. The molecule has 7 nitrogen and oxygen atoms in total. The van der Waals surface area contributed by atoms with Gasteiger partial charge in [-0.3, -0.25) is 19.3 Å². The second kappa shape index (κ2) is 9.70. The Bertz CT molecular complexity index is 1060. The van der Waals surface area contributed by atoms with Crippen molar-refractivity contribution < 1.29 is 23.9 Å². The van der Waals surface area contributed by atoms with Gasteiger partial charge in [-0.15, -0.1) is 0 Å². The van der Waals surface area contributed by atoms with Gasteiger partial charge in [-0.25, -0.2) is 0 Å². The summed E-state index contributed by atoms with van der Waals surface area (Å²) in [6.45, 7) is 4.11. The molecule has 2 aromatic carbocycles. The van der Waals surface area contributed by atoms with Crippen LogP contribution >= 0.6 is 11.8 Å². The summed E-state index contributed by atoms with van der Waals surface area (Å²) in [7, 11) is 3.07. The highest BCUT2D eigenvalue weighted by Crippen LogP contribution is 2.34. The Balaban J connectivity index is 1.64. The molecule has 0 aromatic heterocycles. The Morgan fingerprint density at radius 3 is 2.48 bits per heavy atom. The lowest BCUT2D eigenvalue weighted by atomic mass is 10.1. The fraction of sp³-hybridized carbons (Fsp3) is 0.261. The van der Waals surface area contributed by atoms with Crippen LogP contribution in [0.1, 0.15) is 27.0 Å². The number of rotatable bonds is 7. The van der Waals surface area contributed by atoms with E-state index < -0.39 is 0 Å². The van der Waals surface area contributed by atoms with E-state index >= 15 is 0 Å². The molecule has 2 aromatic rings. The van der Waals surface area contributed by atoms with Crippen LogP contribution in [0.4, 0.5) is 4.79 Å². The number of benzene rings is 2. The van der Waals surface area contributed by atoms with Crippen molar-refractivity contribution in [1.29, 1.82) is 0 Å². The number of thioether (sulfide) groups is 1. The van der Waals surface area contributed by atoms with E-state index in [0.29, 0.717) is 27.5 Å². The van der Waals surface area contributed by atoms with Crippen molar-refractivity contribution in [3.05, 3.63) is 63.6 Å². The van der Waals surface area contributed by atoms with Gasteiger partial charge in [-0.2, -0.15) is 0 Å². The van der Waals surface area contributed by atoms with Gasteiger partial charge in [0.2, 0.25) is 0 Å². The first kappa shape index (κ1) is 22.4. The third kappa shape index (κ3) is 5.08. The maximum Gasteiger partial charge on any atom is 0.293 e. The van der Waals surface area contributed by atoms with E-state index in [0.717, 1.165) is 27.8 Å². The lowest BCUT2D eigenvalue weighted by Gasteiger charge is -2.13. The summed E-state index contributed by atoms with van der Waals surface area (Å²) in [4.78, 5) is 38.8. The van der Waals surface area contributed by atoms with E-state index in [1.54, 1.807) is 37.5 Å². The molecule has 8 heteroatoms. The zero-order valence-corrected chi connectivity index (χ0v) is 18.7. The Morgan fingerprint density at radius 1 is 1.06 bits per heavy atom. The quantitative estimate of drug-likeness (QED) is 0.660. The zero-order chi connectivity index (χ0) is 22.5. The maximum atomic E-state index is 12.7. The van der Waals surface area contributed by atoms with Crippen molar-refractivity contribution in [1.82, 2.24) is 10.2 Å².